The van der Waals surface area contributed by atoms with Gasteiger partial charge in [-0.1, -0.05) is 11.3 Å². The lowest BCUT2D eigenvalue weighted by atomic mass is 10.00. The predicted octanol–water partition coefficient (Wildman–Crippen LogP) is 0.855. The lowest BCUT2D eigenvalue weighted by molar-refractivity contribution is 0.0946. The summed E-state index contributed by atoms with van der Waals surface area (Å²) in [5.74, 6) is 0.327. The molecule has 0 saturated carbocycles. The highest BCUT2D eigenvalue weighted by molar-refractivity contribution is 5.91. The fourth-order valence-corrected chi connectivity index (χ4v) is 3.23. The molecule has 4 rings (SSSR count). The van der Waals surface area contributed by atoms with Crippen LogP contribution in [0.25, 0.3) is 5.52 Å². The Kier molecular flexibility index (Phi) is 4.43. The van der Waals surface area contributed by atoms with Crippen molar-refractivity contribution in [3.05, 3.63) is 48.0 Å². The molecule has 1 saturated heterocycles. The first kappa shape index (κ1) is 15.8. The number of fused-ring (bicyclic) bond motifs is 1. The van der Waals surface area contributed by atoms with Gasteiger partial charge in [-0.3, -0.25) is 9.48 Å². The van der Waals surface area contributed by atoms with Crippen molar-refractivity contribution in [2.45, 2.75) is 25.9 Å². The van der Waals surface area contributed by atoms with Gasteiger partial charge in [-0.2, -0.15) is 5.10 Å². The third-order valence-electron chi connectivity index (χ3n) is 4.56. The highest BCUT2D eigenvalue weighted by atomic mass is 16.2. The van der Waals surface area contributed by atoms with Crippen molar-refractivity contribution in [3.63, 3.8) is 0 Å². The van der Waals surface area contributed by atoms with Crippen molar-refractivity contribution in [1.82, 2.24) is 35.2 Å². The Morgan fingerprint density at radius 3 is 3.24 bits per heavy atom. The zero-order valence-corrected chi connectivity index (χ0v) is 13.9. The van der Waals surface area contributed by atoms with Gasteiger partial charge in [0.25, 0.3) is 5.91 Å². The van der Waals surface area contributed by atoms with E-state index in [1.165, 1.54) is 12.8 Å². The normalized spacial score (nSPS) is 17.7. The Hall–Kier alpha value is -2.74. The number of amides is 1. The first-order valence-electron chi connectivity index (χ1n) is 8.60. The Morgan fingerprint density at radius 2 is 2.36 bits per heavy atom. The molecule has 25 heavy (non-hydrogen) atoms. The van der Waals surface area contributed by atoms with Crippen LogP contribution in [-0.2, 0) is 13.1 Å². The largest absolute Gasteiger partial charge is 0.346 e. The van der Waals surface area contributed by atoms with E-state index in [1.54, 1.807) is 21.6 Å². The van der Waals surface area contributed by atoms with Crippen molar-refractivity contribution in [2.24, 2.45) is 5.92 Å². The second kappa shape index (κ2) is 7.02. The van der Waals surface area contributed by atoms with Crippen LogP contribution < -0.4 is 10.6 Å². The van der Waals surface area contributed by atoms with Crippen LogP contribution in [0.1, 0.15) is 28.9 Å². The van der Waals surface area contributed by atoms with Gasteiger partial charge in [-0.15, -0.1) is 5.10 Å². The van der Waals surface area contributed by atoms with Gasteiger partial charge in [-0.25, -0.2) is 4.52 Å². The molecule has 0 aromatic carbocycles. The summed E-state index contributed by atoms with van der Waals surface area (Å²) in [6.07, 6.45) is 7.74. The Labute approximate surface area is 145 Å². The van der Waals surface area contributed by atoms with Gasteiger partial charge in [0.05, 0.1) is 17.9 Å². The van der Waals surface area contributed by atoms with E-state index >= 15 is 0 Å². The van der Waals surface area contributed by atoms with Crippen molar-refractivity contribution in [2.75, 3.05) is 13.1 Å². The Bertz CT molecular complexity index is 863. The zero-order chi connectivity index (χ0) is 17.1. The molecule has 130 valence electrons. The van der Waals surface area contributed by atoms with Crippen LogP contribution in [-0.4, -0.2) is 43.6 Å². The lowest BCUT2D eigenvalue weighted by Gasteiger charge is -2.22. The average molecular weight is 339 g/mol. The molecular formula is C17H21N7O. The minimum atomic E-state index is -0.219. The molecular weight excluding hydrogens is 318 g/mol. The van der Waals surface area contributed by atoms with Crippen LogP contribution in [0.3, 0.4) is 0 Å². The lowest BCUT2D eigenvalue weighted by Crippen LogP contribution is -2.32. The van der Waals surface area contributed by atoms with E-state index in [0.717, 1.165) is 30.7 Å². The molecule has 1 fully saturated rings. The third-order valence-corrected chi connectivity index (χ3v) is 4.56. The fraction of sp³-hybridized carbons (Fsp3) is 0.412. The van der Waals surface area contributed by atoms with Crippen LogP contribution in [0.4, 0.5) is 0 Å². The second-order valence-electron chi connectivity index (χ2n) is 6.42. The quantitative estimate of drug-likeness (QED) is 0.719. The van der Waals surface area contributed by atoms with Crippen LogP contribution in [0.15, 0.2) is 36.8 Å². The second-order valence-corrected chi connectivity index (χ2v) is 6.42. The van der Waals surface area contributed by atoms with E-state index in [-0.39, 0.29) is 5.91 Å². The third kappa shape index (κ3) is 3.53. The molecule has 1 atom stereocenters. The number of hydrogen-bond donors (Lipinski definition) is 2. The highest BCUT2D eigenvalue weighted by Crippen LogP contribution is 2.12. The summed E-state index contributed by atoms with van der Waals surface area (Å²) >= 11 is 0. The molecule has 0 bridgehead atoms. The summed E-state index contributed by atoms with van der Waals surface area (Å²) in [5.41, 5.74) is 2.30. The van der Waals surface area contributed by atoms with Gasteiger partial charge in [-0.05, 0) is 44.0 Å². The van der Waals surface area contributed by atoms with Crippen LogP contribution in [0.5, 0.6) is 0 Å². The van der Waals surface area contributed by atoms with Gasteiger partial charge in [0, 0.05) is 24.8 Å². The standard InChI is InChI=1S/C17H21N7O/c25-17(19-9-14-10-20-24-7-2-1-5-16(14)24)15-12-23(22-21-15)11-13-4-3-6-18-8-13/h1-2,5,7,10,12-13,18H,3-4,6,8-9,11H2,(H,19,25)/t13-/m1/s1. The van der Waals surface area contributed by atoms with Gasteiger partial charge in [0.2, 0.25) is 0 Å². The van der Waals surface area contributed by atoms with Gasteiger partial charge in [0.15, 0.2) is 5.69 Å². The van der Waals surface area contributed by atoms with Crippen molar-refractivity contribution >= 4 is 11.4 Å². The first-order valence-corrected chi connectivity index (χ1v) is 8.60. The molecule has 2 N–H and O–H groups in total. The minimum Gasteiger partial charge on any atom is -0.346 e. The minimum absolute atomic E-state index is 0.219. The molecule has 4 heterocycles. The van der Waals surface area contributed by atoms with E-state index in [9.17, 15) is 4.79 Å². The molecule has 1 aliphatic heterocycles. The molecule has 0 spiro atoms. The van der Waals surface area contributed by atoms with E-state index in [0.29, 0.717) is 18.2 Å². The number of carbonyl (C=O) groups is 1. The van der Waals surface area contributed by atoms with Gasteiger partial charge in [0.1, 0.15) is 0 Å². The van der Waals surface area contributed by atoms with E-state index < -0.39 is 0 Å². The molecule has 3 aromatic rings. The van der Waals surface area contributed by atoms with Crippen molar-refractivity contribution < 1.29 is 4.79 Å². The summed E-state index contributed by atoms with van der Waals surface area (Å²) in [6.45, 7) is 3.29. The monoisotopic (exact) mass is 339 g/mol. The number of aromatic nitrogens is 5. The number of rotatable bonds is 5. The van der Waals surface area contributed by atoms with Gasteiger partial charge < -0.3 is 10.6 Å². The number of pyridine rings is 1. The summed E-state index contributed by atoms with van der Waals surface area (Å²) < 4.78 is 3.55. The van der Waals surface area contributed by atoms with Crippen LogP contribution in [0.2, 0.25) is 0 Å². The zero-order valence-electron chi connectivity index (χ0n) is 13.9. The average Bonchev–Trinajstić information content (AvgIpc) is 3.28. The summed E-state index contributed by atoms with van der Waals surface area (Å²) in [6, 6.07) is 5.85. The summed E-state index contributed by atoms with van der Waals surface area (Å²) in [7, 11) is 0. The molecule has 0 unspecified atom stereocenters. The molecule has 8 heteroatoms. The topological polar surface area (TPSA) is 89.1 Å². The highest BCUT2D eigenvalue weighted by Gasteiger charge is 2.16. The van der Waals surface area contributed by atoms with Crippen LogP contribution >= 0.6 is 0 Å². The van der Waals surface area contributed by atoms with Crippen molar-refractivity contribution in [3.8, 4) is 0 Å². The van der Waals surface area contributed by atoms with Gasteiger partial charge >= 0.3 is 0 Å². The Morgan fingerprint density at radius 1 is 1.40 bits per heavy atom. The number of nitrogens with zero attached hydrogens (tertiary/aromatic N) is 5. The molecule has 0 aliphatic carbocycles. The molecule has 1 aliphatic rings. The maximum Gasteiger partial charge on any atom is 0.273 e. The number of hydrogen-bond acceptors (Lipinski definition) is 5. The van der Waals surface area contributed by atoms with Crippen molar-refractivity contribution in [1.29, 1.82) is 0 Å². The number of nitrogens with one attached hydrogen (secondary N) is 2. The van der Waals surface area contributed by atoms with E-state index in [2.05, 4.69) is 26.0 Å². The maximum atomic E-state index is 12.3. The molecule has 3 aromatic heterocycles. The SMILES string of the molecule is O=C(NCc1cnn2ccccc12)c1cn(C[C@@H]2CCCNC2)nn1. The molecule has 8 nitrogen and oxygen atoms in total. The summed E-state index contributed by atoms with van der Waals surface area (Å²) in [4.78, 5) is 12.3. The maximum absolute atomic E-state index is 12.3. The van der Waals surface area contributed by atoms with E-state index in [1.807, 2.05) is 24.4 Å². The Balaban J connectivity index is 1.36. The number of carbonyl (C=O) groups excluding carboxylic acids is 1. The number of piperidine rings is 1. The van der Waals surface area contributed by atoms with E-state index in [4.69, 9.17) is 0 Å². The molecule has 1 amide bonds. The van der Waals surface area contributed by atoms with Crippen LogP contribution in [0, 0.1) is 5.92 Å². The molecule has 0 radical (unpaired) electrons. The first-order chi connectivity index (χ1) is 12.3. The summed E-state index contributed by atoms with van der Waals surface area (Å²) in [5, 5.41) is 18.6. The fourth-order valence-electron chi connectivity index (χ4n) is 3.23. The smallest absolute Gasteiger partial charge is 0.273 e. The predicted molar refractivity (Wildman–Crippen MR) is 92.0 cm³/mol.